The van der Waals surface area contributed by atoms with Gasteiger partial charge in [-0.15, -0.1) is 0 Å². The molecule has 0 aliphatic rings. The number of hydrogen-bond acceptors (Lipinski definition) is 1. The van der Waals surface area contributed by atoms with Crippen molar-refractivity contribution in [2.24, 2.45) is 0 Å². The predicted octanol–water partition coefficient (Wildman–Crippen LogP) is 0.688. The van der Waals surface area contributed by atoms with Gasteiger partial charge in [-0.3, -0.25) is 0 Å². The summed E-state index contributed by atoms with van der Waals surface area (Å²) < 4.78 is 0. The van der Waals surface area contributed by atoms with Crippen molar-refractivity contribution in [2.75, 3.05) is 0 Å². The molecule has 0 saturated heterocycles. The smallest absolute Gasteiger partial charge is 0.132 e. The molecule has 2 heteroatoms. The van der Waals surface area contributed by atoms with E-state index in [4.69, 9.17) is 0 Å². The maximum absolute atomic E-state index is 10.2. The molecular weight excluding hydrogens is 114 g/mol. The summed E-state index contributed by atoms with van der Waals surface area (Å²) in [5.41, 5.74) is 2.68. The van der Waals surface area contributed by atoms with Gasteiger partial charge in [-0.25, -0.2) is 0 Å². The van der Waals surface area contributed by atoms with E-state index >= 15 is 0 Å². The largest absolute Gasteiger partial charge is 0.630 e. The molecule has 0 aliphatic heterocycles. The predicted molar refractivity (Wildman–Crippen MR) is 36.1 cm³/mol. The molecule has 0 radical (unpaired) electrons. The summed E-state index contributed by atoms with van der Waals surface area (Å²) in [6, 6.07) is 7.51. The Morgan fingerprint density at radius 1 is 1.33 bits per heavy atom. The van der Waals surface area contributed by atoms with Gasteiger partial charge in [-0.2, -0.15) is 0 Å². The molecule has 0 bridgehead atoms. The lowest BCUT2D eigenvalue weighted by Crippen LogP contribution is -2.70. The van der Waals surface area contributed by atoms with E-state index in [-0.39, 0.29) is 0 Å². The van der Waals surface area contributed by atoms with Crippen LogP contribution in [-0.4, -0.2) is 0 Å². The zero-order chi connectivity index (χ0) is 6.69. The van der Waals surface area contributed by atoms with E-state index in [1.165, 1.54) is 0 Å². The van der Waals surface area contributed by atoms with Crippen molar-refractivity contribution in [3.8, 4) is 0 Å². The van der Waals surface area contributed by atoms with Crippen molar-refractivity contribution in [1.82, 2.24) is 0 Å². The third kappa shape index (κ3) is 1.28. The summed E-state index contributed by atoms with van der Waals surface area (Å²) in [5, 5.41) is 10.2. The molecule has 0 amide bonds. The maximum atomic E-state index is 10.2. The molecule has 2 N–H and O–H groups in total. The molecule has 0 fully saturated rings. The summed E-state index contributed by atoms with van der Waals surface area (Å²) >= 11 is 0. The molecule has 48 valence electrons. The summed E-state index contributed by atoms with van der Waals surface area (Å²) in [4.78, 5) is 0. The second-order valence-electron chi connectivity index (χ2n) is 1.97. The van der Waals surface area contributed by atoms with Crippen LogP contribution in [-0.2, 0) is 0 Å². The van der Waals surface area contributed by atoms with Crippen molar-refractivity contribution in [3.63, 3.8) is 0 Å². The van der Waals surface area contributed by atoms with Crippen LogP contribution in [0.2, 0.25) is 0 Å². The lowest BCUT2D eigenvalue weighted by Gasteiger charge is -2.02. The number of hydrogen-bond donors (Lipinski definition) is 1. The van der Waals surface area contributed by atoms with Gasteiger partial charge in [-0.05, 0) is 13.0 Å². The van der Waals surface area contributed by atoms with Gasteiger partial charge in [0.05, 0.1) is 0 Å². The molecule has 0 saturated carbocycles. The second kappa shape index (κ2) is 2.62. The Morgan fingerprint density at radius 3 is 2.44 bits per heavy atom. The molecule has 1 rings (SSSR count). The first-order chi connectivity index (χ1) is 4.34. The number of nitrogens with two attached hydrogens (primary N) is 1. The zero-order valence-electron chi connectivity index (χ0n) is 5.29. The number of rotatable bonds is 1. The fraction of sp³-hybridized carbons (Fsp3) is 0.143. The van der Waals surface area contributed by atoms with E-state index in [0.29, 0.717) is 0 Å². The van der Waals surface area contributed by atoms with Gasteiger partial charge in [0.25, 0.3) is 0 Å². The fourth-order valence-electron chi connectivity index (χ4n) is 0.719. The Morgan fingerprint density at radius 2 is 2.00 bits per heavy atom. The highest BCUT2D eigenvalue weighted by Gasteiger charge is 1.91. The average molecular weight is 123 g/mol. The molecule has 0 aromatic heterocycles. The Labute approximate surface area is 54.1 Å². The highest BCUT2D eigenvalue weighted by atomic mass is 16.5. The first-order valence-corrected chi connectivity index (χ1v) is 2.85. The number of aryl methyl sites for hydroxylation is 1. The lowest BCUT2D eigenvalue weighted by molar-refractivity contribution is -0.497. The van der Waals surface area contributed by atoms with E-state index in [1.807, 2.05) is 31.2 Å². The van der Waals surface area contributed by atoms with Gasteiger partial charge in [-0.1, -0.05) is 18.2 Å². The van der Waals surface area contributed by atoms with E-state index in [2.05, 4.69) is 0 Å². The summed E-state index contributed by atoms with van der Waals surface area (Å²) in [5.74, 6) is 0. The average Bonchev–Trinajstić information content (AvgIpc) is 1.89. The van der Waals surface area contributed by atoms with Crippen LogP contribution in [0.15, 0.2) is 24.3 Å². The molecule has 0 aliphatic carbocycles. The Hall–Kier alpha value is -0.860. The van der Waals surface area contributed by atoms with Gasteiger partial charge in [0.15, 0.2) is 0 Å². The summed E-state index contributed by atoms with van der Waals surface area (Å²) in [6.45, 7) is 1.92. The van der Waals surface area contributed by atoms with Crippen LogP contribution in [0.3, 0.4) is 0 Å². The van der Waals surface area contributed by atoms with Crippen molar-refractivity contribution < 1.29 is 5.48 Å². The van der Waals surface area contributed by atoms with E-state index < -0.39 is 0 Å². The van der Waals surface area contributed by atoms with Gasteiger partial charge in [0.2, 0.25) is 0 Å². The first kappa shape index (κ1) is 6.26. The van der Waals surface area contributed by atoms with Crippen molar-refractivity contribution in [2.45, 2.75) is 6.92 Å². The van der Waals surface area contributed by atoms with E-state index in [0.717, 1.165) is 16.7 Å². The van der Waals surface area contributed by atoms with Crippen LogP contribution in [0.25, 0.3) is 0 Å². The fourth-order valence-corrected chi connectivity index (χ4v) is 0.719. The third-order valence-electron chi connectivity index (χ3n) is 1.32. The molecule has 0 unspecified atom stereocenters. The van der Waals surface area contributed by atoms with E-state index in [9.17, 15) is 5.21 Å². The minimum atomic E-state index is 0.775. The molecule has 0 atom stereocenters. The topological polar surface area (TPSA) is 39.7 Å². The maximum Gasteiger partial charge on any atom is 0.132 e. The molecule has 9 heavy (non-hydrogen) atoms. The van der Waals surface area contributed by atoms with Gasteiger partial charge in [0.1, 0.15) is 5.69 Å². The molecule has 1 aromatic carbocycles. The molecule has 1 aromatic rings. The second-order valence-corrected chi connectivity index (χ2v) is 1.97. The molecular formula is C7H9NO. The Balaban J connectivity index is 3.01. The third-order valence-corrected chi connectivity index (χ3v) is 1.32. The lowest BCUT2D eigenvalue weighted by atomic mass is 10.2. The van der Waals surface area contributed by atoms with E-state index in [1.54, 1.807) is 0 Å². The quantitative estimate of drug-likeness (QED) is 0.433. The standard InChI is InChI=1S/C7H9NO/c1-6-4-2-3-5-7(6)8-9/h2-5H,8H2,1H3. The SMILES string of the molecule is Cc1ccccc1[NH2+][O-]. The highest BCUT2D eigenvalue weighted by molar-refractivity contribution is 5.37. The monoisotopic (exact) mass is 123 g/mol. The molecule has 0 spiro atoms. The van der Waals surface area contributed by atoms with Crippen LogP contribution < -0.4 is 5.48 Å². The Kier molecular flexibility index (Phi) is 1.82. The number of benzene rings is 1. The van der Waals surface area contributed by atoms with Crippen LogP contribution in [0, 0.1) is 12.1 Å². The van der Waals surface area contributed by atoms with Crippen molar-refractivity contribution in [3.05, 3.63) is 35.0 Å². The summed E-state index contributed by atoms with van der Waals surface area (Å²) in [6.07, 6.45) is 0. The summed E-state index contributed by atoms with van der Waals surface area (Å²) in [7, 11) is 0. The van der Waals surface area contributed by atoms with Crippen molar-refractivity contribution >= 4 is 5.69 Å². The van der Waals surface area contributed by atoms with Crippen LogP contribution >= 0.6 is 0 Å². The zero-order valence-corrected chi connectivity index (χ0v) is 5.29. The van der Waals surface area contributed by atoms with Gasteiger partial charge in [0, 0.05) is 5.56 Å². The first-order valence-electron chi connectivity index (χ1n) is 2.85. The normalized spacial score (nSPS) is 9.56. The molecule has 2 nitrogen and oxygen atoms in total. The van der Waals surface area contributed by atoms with Gasteiger partial charge < -0.3 is 10.7 Å². The van der Waals surface area contributed by atoms with Crippen LogP contribution in [0.5, 0.6) is 0 Å². The van der Waals surface area contributed by atoms with Gasteiger partial charge >= 0.3 is 0 Å². The number of quaternary nitrogens is 1. The highest BCUT2D eigenvalue weighted by Crippen LogP contribution is 2.05. The minimum absolute atomic E-state index is 0.775. The molecule has 0 heterocycles. The van der Waals surface area contributed by atoms with Crippen LogP contribution in [0.1, 0.15) is 5.56 Å². The van der Waals surface area contributed by atoms with Crippen LogP contribution in [0.4, 0.5) is 5.69 Å². The van der Waals surface area contributed by atoms with Crippen molar-refractivity contribution in [1.29, 1.82) is 0 Å². The Bertz CT molecular complexity index is 198. The minimum Gasteiger partial charge on any atom is -0.630 e.